The van der Waals surface area contributed by atoms with E-state index in [0.717, 1.165) is 0 Å². The van der Waals surface area contributed by atoms with Crippen LogP contribution in [0.5, 0.6) is 0 Å². The van der Waals surface area contributed by atoms with E-state index >= 15 is 0 Å². The van der Waals surface area contributed by atoms with Gasteiger partial charge in [0.15, 0.2) is 5.82 Å². The Morgan fingerprint density at radius 2 is 2.60 bits per heavy atom. The molecule has 0 aliphatic rings. The Hall–Kier alpha value is -1.10. The van der Waals surface area contributed by atoms with Crippen LogP contribution in [0.3, 0.4) is 0 Å². The Balaban J connectivity index is 2.67. The minimum atomic E-state index is -0.532. The Kier molecular flexibility index (Phi) is 1.86. The van der Waals surface area contributed by atoms with Crippen molar-refractivity contribution in [2.75, 3.05) is 0 Å². The lowest BCUT2D eigenvalue weighted by molar-refractivity contribution is 0.380. The van der Waals surface area contributed by atoms with Crippen molar-refractivity contribution >= 4 is 0 Å². The second-order valence-electron chi connectivity index (χ2n) is 2.22. The molecule has 0 saturated carbocycles. The van der Waals surface area contributed by atoms with Gasteiger partial charge >= 0.3 is 5.76 Å². The molecule has 1 atom stereocenters. The van der Waals surface area contributed by atoms with Gasteiger partial charge in [-0.15, -0.1) is 0 Å². The van der Waals surface area contributed by atoms with Crippen molar-refractivity contribution in [2.45, 2.75) is 19.4 Å². The van der Waals surface area contributed by atoms with E-state index in [1.165, 1.54) is 0 Å². The van der Waals surface area contributed by atoms with Crippen molar-refractivity contribution in [1.29, 1.82) is 0 Å². The summed E-state index contributed by atoms with van der Waals surface area (Å²) in [4.78, 5) is 12.7. The molecule has 56 valence electrons. The van der Waals surface area contributed by atoms with Gasteiger partial charge in [0.05, 0.1) is 0 Å². The van der Waals surface area contributed by atoms with Gasteiger partial charge in [0.2, 0.25) is 0 Å². The predicted molar refractivity (Wildman–Crippen MR) is 34.5 cm³/mol. The Morgan fingerprint density at radius 1 is 1.90 bits per heavy atom. The summed E-state index contributed by atoms with van der Waals surface area (Å²) < 4.78 is 4.25. The summed E-state index contributed by atoms with van der Waals surface area (Å²) in [5.74, 6) is -0.0318. The molecule has 5 heteroatoms. The molecule has 5 nitrogen and oxygen atoms in total. The zero-order valence-corrected chi connectivity index (χ0v) is 5.63. The van der Waals surface area contributed by atoms with Crippen molar-refractivity contribution in [3.8, 4) is 0 Å². The van der Waals surface area contributed by atoms with E-state index < -0.39 is 5.76 Å². The van der Waals surface area contributed by atoms with Gasteiger partial charge in [-0.3, -0.25) is 9.51 Å². The fourth-order valence-electron chi connectivity index (χ4n) is 0.653. The number of hydrogen-bond acceptors (Lipinski definition) is 4. The molecule has 0 amide bonds. The maximum absolute atomic E-state index is 10.3. The van der Waals surface area contributed by atoms with Gasteiger partial charge in [0, 0.05) is 12.5 Å². The maximum Gasteiger partial charge on any atom is 0.438 e. The number of nitrogens with two attached hydrogens (primary N) is 1. The molecule has 10 heavy (non-hydrogen) atoms. The predicted octanol–water partition coefficient (Wildman–Crippen LogP) is -0.747. The van der Waals surface area contributed by atoms with E-state index in [0.29, 0.717) is 12.2 Å². The molecule has 0 unspecified atom stereocenters. The Morgan fingerprint density at radius 3 is 3.00 bits per heavy atom. The standard InChI is InChI=1S/C5H9N3O2/c1-3(6)2-4-7-5(9)10-8-4/h3H,2,6H2,1H3,(H,7,8,9)/t3-/m0/s1. The number of hydrogen-bond donors (Lipinski definition) is 2. The highest BCUT2D eigenvalue weighted by atomic mass is 16.5. The molecule has 0 radical (unpaired) electrons. The summed E-state index contributed by atoms with van der Waals surface area (Å²) in [6.45, 7) is 1.83. The zero-order valence-electron chi connectivity index (χ0n) is 5.63. The molecule has 0 fully saturated rings. The van der Waals surface area contributed by atoms with Crippen LogP contribution < -0.4 is 11.5 Å². The second kappa shape index (κ2) is 2.66. The Labute approximate surface area is 57.2 Å². The summed E-state index contributed by atoms with van der Waals surface area (Å²) in [5.41, 5.74) is 5.43. The molecule has 0 spiro atoms. The highest BCUT2D eigenvalue weighted by molar-refractivity contribution is 4.81. The normalized spacial score (nSPS) is 13.4. The molecule has 1 aromatic rings. The number of nitrogens with zero attached hydrogens (tertiary/aromatic N) is 1. The fourth-order valence-corrected chi connectivity index (χ4v) is 0.653. The molecule has 0 bridgehead atoms. The number of rotatable bonds is 2. The van der Waals surface area contributed by atoms with Crippen LogP contribution in [0.25, 0.3) is 0 Å². The number of nitrogens with one attached hydrogen (secondary N) is 1. The van der Waals surface area contributed by atoms with Crippen molar-refractivity contribution in [3.05, 3.63) is 16.4 Å². The average molecular weight is 143 g/mol. The smallest absolute Gasteiger partial charge is 0.328 e. The van der Waals surface area contributed by atoms with Crippen molar-refractivity contribution in [1.82, 2.24) is 10.1 Å². The van der Waals surface area contributed by atoms with E-state index in [4.69, 9.17) is 5.73 Å². The maximum atomic E-state index is 10.3. The van der Waals surface area contributed by atoms with Gasteiger partial charge in [-0.25, -0.2) is 4.79 Å². The van der Waals surface area contributed by atoms with Crippen molar-refractivity contribution in [2.24, 2.45) is 5.73 Å². The minimum absolute atomic E-state index is 0.0132. The molecule has 0 aliphatic heterocycles. The lowest BCUT2D eigenvalue weighted by Gasteiger charge is -1.96. The van der Waals surface area contributed by atoms with Gasteiger partial charge in [0.1, 0.15) is 0 Å². The monoisotopic (exact) mass is 143 g/mol. The zero-order chi connectivity index (χ0) is 7.56. The van der Waals surface area contributed by atoms with Gasteiger partial charge in [-0.2, -0.15) is 0 Å². The average Bonchev–Trinajstić information content (AvgIpc) is 2.13. The fraction of sp³-hybridized carbons (Fsp3) is 0.600. The molecule has 0 aromatic carbocycles. The highest BCUT2D eigenvalue weighted by Gasteiger charge is 2.01. The SMILES string of the molecule is C[C@H](N)Cc1noc(=O)[nH]1. The molecule has 0 aliphatic carbocycles. The van der Waals surface area contributed by atoms with Crippen LogP contribution in [0.1, 0.15) is 12.7 Å². The topological polar surface area (TPSA) is 84.9 Å². The highest BCUT2D eigenvalue weighted by Crippen LogP contribution is 1.88. The summed E-state index contributed by atoms with van der Waals surface area (Å²) in [5, 5.41) is 3.43. The first-order valence-electron chi connectivity index (χ1n) is 2.99. The number of H-pyrrole nitrogens is 1. The Bertz CT molecular complexity index is 249. The third-order valence-corrected chi connectivity index (χ3v) is 1.00. The van der Waals surface area contributed by atoms with E-state index in [2.05, 4.69) is 14.7 Å². The quantitative estimate of drug-likeness (QED) is 0.570. The lowest BCUT2D eigenvalue weighted by atomic mass is 10.2. The lowest BCUT2D eigenvalue weighted by Crippen LogP contribution is -2.18. The second-order valence-corrected chi connectivity index (χ2v) is 2.22. The van der Waals surface area contributed by atoms with E-state index in [9.17, 15) is 4.79 Å². The summed E-state index contributed by atoms with van der Waals surface area (Å²) in [6, 6.07) is -0.0132. The summed E-state index contributed by atoms with van der Waals surface area (Å²) in [6.07, 6.45) is 0.533. The van der Waals surface area contributed by atoms with Crippen molar-refractivity contribution in [3.63, 3.8) is 0 Å². The van der Waals surface area contributed by atoms with Crippen LogP contribution in [0, 0.1) is 0 Å². The van der Waals surface area contributed by atoms with Crippen LogP contribution >= 0.6 is 0 Å². The minimum Gasteiger partial charge on any atom is -0.328 e. The third kappa shape index (κ3) is 1.70. The van der Waals surface area contributed by atoms with Crippen LogP contribution in [0.2, 0.25) is 0 Å². The van der Waals surface area contributed by atoms with Gasteiger partial charge in [-0.1, -0.05) is 5.16 Å². The van der Waals surface area contributed by atoms with E-state index in [-0.39, 0.29) is 6.04 Å². The molecule has 1 rings (SSSR count). The van der Waals surface area contributed by atoms with Gasteiger partial charge in [0.25, 0.3) is 0 Å². The van der Waals surface area contributed by atoms with Crippen LogP contribution in [-0.4, -0.2) is 16.2 Å². The molecule has 0 saturated heterocycles. The van der Waals surface area contributed by atoms with Crippen LogP contribution in [0.4, 0.5) is 0 Å². The largest absolute Gasteiger partial charge is 0.438 e. The van der Waals surface area contributed by atoms with Crippen LogP contribution in [-0.2, 0) is 6.42 Å². The third-order valence-electron chi connectivity index (χ3n) is 1.00. The molecule has 3 N–H and O–H groups in total. The number of aromatic amines is 1. The molecule has 1 heterocycles. The van der Waals surface area contributed by atoms with Gasteiger partial charge < -0.3 is 5.73 Å². The van der Waals surface area contributed by atoms with E-state index in [1.54, 1.807) is 0 Å². The van der Waals surface area contributed by atoms with E-state index in [1.807, 2.05) is 6.92 Å². The first kappa shape index (κ1) is 7.01. The molecular weight excluding hydrogens is 134 g/mol. The summed E-state index contributed by atoms with van der Waals surface area (Å²) in [7, 11) is 0. The van der Waals surface area contributed by atoms with Gasteiger partial charge in [-0.05, 0) is 6.92 Å². The summed E-state index contributed by atoms with van der Waals surface area (Å²) >= 11 is 0. The first-order valence-corrected chi connectivity index (χ1v) is 2.99. The molecule has 1 aromatic heterocycles. The number of aromatic nitrogens is 2. The van der Waals surface area contributed by atoms with Crippen LogP contribution in [0.15, 0.2) is 9.32 Å². The van der Waals surface area contributed by atoms with Crippen molar-refractivity contribution < 1.29 is 4.52 Å². The first-order chi connectivity index (χ1) is 4.68. The molecular formula is C5H9N3O2.